The molecule has 0 saturated carbocycles. The van der Waals surface area contributed by atoms with Crippen LogP contribution in [0.15, 0.2) is 4.99 Å². The molecular formula is C37H74N2. The van der Waals surface area contributed by atoms with E-state index in [1.807, 2.05) is 0 Å². The van der Waals surface area contributed by atoms with Crippen molar-refractivity contribution in [2.24, 2.45) is 4.99 Å². The van der Waals surface area contributed by atoms with Crippen LogP contribution >= 0.6 is 0 Å². The summed E-state index contributed by atoms with van der Waals surface area (Å²) in [6, 6.07) is 2.53. The lowest BCUT2D eigenvalue weighted by Gasteiger charge is -2.29. The molecule has 0 saturated heterocycles. The number of nitrogens with zero attached hydrogens (tertiary/aromatic N) is 1. The number of unbranched alkanes of at least 4 members (excludes halogenated alkanes) is 26. The maximum Gasteiger partial charge on any atom is 0.0867 e. The van der Waals surface area contributed by atoms with Crippen LogP contribution in [0, 0.1) is 5.41 Å². The molecule has 0 radical (unpaired) electrons. The van der Waals surface area contributed by atoms with Crippen molar-refractivity contribution in [3.05, 3.63) is 0 Å². The number of nitrogens with one attached hydrogen (secondary N) is 1. The Morgan fingerprint density at radius 1 is 0.359 bits per heavy atom. The molecular weight excluding hydrogens is 472 g/mol. The molecule has 39 heavy (non-hydrogen) atoms. The van der Waals surface area contributed by atoms with Gasteiger partial charge in [-0.2, -0.15) is 0 Å². The van der Waals surface area contributed by atoms with Gasteiger partial charge in [-0.1, -0.05) is 207 Å². The van der Waals surface area contributed by atoms with E-state index in [0.717, 1.165) is 0 Å². The van der Waals surface area contributed by atoms with Crippen LogP contribution in [0.25, 0.3) is 0 Å². The summed E-state index contributed by atoms with van der Waals surface area (Å²) in [4.78, 5) is 4.79. The monoisotopic (exact) mass is 547 g/mol. The molecule has 232 valence electrons. The molecule has 0 unspecified atom stereocenters. The van der Waals surface area contributed by atoms with Crippen LogP contribution in [0.2, 0.25) is 0 Å². The minimum Gasteiger partial charge on any atom is -0.242 e. The van der Waals surface area contributed by atoms with Gasteiger partial charge in [-0.3, -0.25) is 0 Å². The highest BCUT2D eigenvalue weighted by molar-refractivity contribution is 5.37. The Morgan fingerprint density at radius 3 is 0.769 bits per heavy atom. The molecule has 2 nitrogen and oxygen atoms in total. The first-order chi connectivity index (χ1) is 19.2. The van der Waals surface area contributed by atoms with Crippen LogP contribution < -0.4 is 0 Å². The zero-order valence-electron chi connectivity index (χ0n) is 27.6. The Bertz CT molecular complexity index is 482. The predicted molar refractivity (Wildman–Crippen MR) is 178 cm³/mol. The largest absolute Gasteiger partial charge is 0.242 e. The summed E-state index contributed by atoms with van der Waals surface area (Å²) in [6.45, 7) is 6.90. The van der Waals surface area contributed by atoms with Gasteiger partial charge in [0.25, 0.3) is 0 Å². The highest BCUT2D eigenvalue weighted by Crippen LogP contribution is 2.33. The molecule has 0 aromatic heterocycles. The normalized spacial score (nSPS) is 11.7. The zero-order chi connectivity index (χ0) is 28.5. The third-order valence-electron chi connectivity index (χ3n) is 9.03. The van der Waals surface area contributed by atoms with E-state index in [-0.39, 0.29) is 5.54 Å². The minimum atomic E-state index is 0.00369. The summed E-state index contributed by atoms with van der Waals surface area (Å²) < 4.78 is 0. The second-order valence-electron chi connectivity index (χ2n) is 12.9. The molecule has 0 aromatic rings. The van der Waals surface area contributed by atoms with E-state index < -0.39 is 0 Å². The van der Waals surface area contributed by atoms with Crippen molar-refractivity contribution < 1.29 is 0 Å². The SMILES string of the molecule is CCCCCCCCCCCCCC(CCCCCCCCC)(CCCCCCCCCCCCC)N=C=N. The summed E-state index contributed by atoms with van der Waals surface area (Å²) in [5, 5.41) is 7.74. The van der Waals surface area contributed by atoms with E-state index in [0.29, 0.717) is 0 Å². The van der Waals surface area contributed by atoms with Crippen molar-refractivity contribution in [2.75, 3.05) is 0 Å². The van der Waals surface area contributed by atoms with Gasteiger partial charge in [0.1, 0.15) is 0 Å². The fourth-order valence-corrected chi connectivity index (χ4v) is 6.31. The lowest BCUT2D eigenvalue weighted by atomic mass is 9.82. The molecule has 0 fully saturated rings. The summed E-state index contributed by atoms with van der Waals surface area (Å²) in [5.74, 6) is 0. The van der Waals surface area contributed by atoms with Crippen LogP contribution in [0.1, 0.15) is 226 Å². The van der Waals surface area contributed by atoms with Gasteiger partial charge in [0.15, 0.2) is 0 Å². The molecule has 0 rings (SSSR count). The third-order valence-corrected chi connectivity index (χ3v) is 9.03. The molecule has 0 bridgehead atoms. The van der Waals surface area contributed by atoms with Crippen LogP contribution in [-0.2, 0) is 0 Å². The van der Waals surface area contributed by atoms with Gasteiger partial charge in [-0.05, 0) is 19.3 Å². The average Bonchev–Trinajstić information content (AvgIpc) is 2.94. The second-order valence-corrected chi connectivity index (χ2v) is 12.9. The van der Waals surface area contributed by atoms with Crippen LogP contribution in [0.5, 0.6) is 0 Å². The first-order valence-corrected chi connectivity index (χ1v) is 18.4. The summed E-state index contributed by atoms with van der Waals surface area (Å²) in [7, 11) is 0. The van der Waals surface area contributed by atoms with E-state index in [1.54, 1.807) is 0 Å². The quantitative estimate of drug-likeness (QED) is 0.0627. The predicted octanol–water partition coefficient (Wildman–Crippen LogP) is 14.0. The average molecular weight is 547 g/mol. The lowest BCUT2D eigenvalue weighted by Crippen LogP contribution is -2.26. The van der Waals surface area contributed by atoms with Crippen molar-refractivity contribution in [3.8, 4) is 0 Å². The molecule has 0 amide bonds. The fraction of sp³-hybridized carbons (Fsp3) is 0.973. The van der Waals surface area contributed by atoms with Crippen molar-refractivity contribution in [3.63, 3.8) is 0 Å². The second kappa shape index (κ2) is 31.9. The van der Waals surface area contributed by atoms with E-state index in [2.05, 4.69) is 26.8 Å². The van der Waals surface area contributed by atoms with Crippen molar-refractivity contribution in [2.45, 2.75) is 232 Å². The standard InChI is InChI=1S/C37H74N2/c1-4-7-10-13-16-18-20-22-25-28-31-34-37(39-36-38,33-30-27-24-15-12-9-6-3)35-32-29-26-23-21-19-17-14-11-8-5-2/h38H,4-35H2,1-3H3. The van der Waals surface area contributed by atoms with E-state index >= 15 is 0 Å². The molecule has 0 aromatic carbocycles. The van der Waals surface area contributed by atoms with E-state index in [1.165, 1.54) is 205 Å². The van der Waals surface area contributed by atoms with Gasteiger partial charge in [-0.25, -0.2) is 10.4 Å². The Labute approximate surface area is 247 Å². The topological polar surface area (TPSA) is 36.2 Å². The van der Waals surface area contributed by atoms with E-state index in [9.17, 15) is 0 Å². The third kappa shape index (κ3) is 27.3. The zero-order valence-corrected chi connectivity index (χ0v) is 27.6. The van der Waals surface area contributed by atoms with Crippen LogP contribution in [0.3, 0.4) is 0 Å². The Kier molecular flexibility index (Phi) is 31.4. The van der Waals surface area contributed by atoms with Gasteiger partial charge in [0, 0.05) is 0 Å². The summed E-state index contributed by atoms with van der Waals surface area (Å²) >= 11 is 0. The van der Waals surface area contributed by atoms with Gasteiger partial charge in [0.2, 0.25) is 0 Å². The minimum absolute atomic E-state index is 0.00369. The maximum absolute atomic E-state index is 7.74. The number of hydrogen-bond acceptors (Lipinski definition) is 2. The molecule has 0 aliphatic heterocycles. The highest BCUT2D eigenvalue weighted by Gasteiger charge is 2.27. The molecule has 0 atom stereocenters. The van der Waals surface area contributed by atoms with Crippen LogP contribution in [0.4, 0.5) is 0 Å². The van der Waals surface area contributed by atoms with Gasteiger partial charge < -0.3 is 0 Å². The van der Waals surface area contributed by atoms with E-state index in [4.69, 9.17) is 10.4 Å². The number of hydrogen-bond donors (Lipinski definition) is 1. The van der Waals surface area contributed by atoms with Crippen molar-refractivity contribution in [1.82, 2.24) is 0 Å². The van der Waals surface area contributed by atoms with Crippen molar-refractivity contribution in [1.29, 1.82) is 5.41 Å². The first kappa shape index (κ1) is 38.4. The van der Waals surface area contributed by atoms with Crippen LogP contribution in [-0.4, -0.2) is 11.5 Å². The van der Waals surface area contributed by atoms with Gasteiger partial charge >= 0.3 is 0 Å². The fourth-order valence-electron chi connectivity index (χ4n) is 6.31. The number of rotatable bonds is 33. The highest BCUT2D eigenvalue weighted by atomic mass is 14.9. The Morgan fingerprint density at radius 2 is 0.564 bits per heavy atom. The maximum atomic E-state index is 7.74. The molecule has 0 heterocycles. The molecule has 1 N–H and O–H groups in total. The smallest absolute Gasteiger partial charge is 0.0867 e. The lowest BCUT2D eigenvalue weighted by molar-refractivity contribution is 0.306. The number of aliphatic imine (C=N–C) groups is 1. The van der Waals surface area contributed by atoms with Gasteiger partial charge in [0.05, 0.1) is 11.5 Å². The molecule has 0 aliphatic rings. The molecule has 2 heteroatoms. The van der Waals surface area contributed by atoms with Gasteiger partial charge in [-0.15, -0.1) is 0 Å². The summed E-state index contributed by atoms with van der Waals surface area (Å²) in [5.41, 5.74) is 0.00369. The van der Waals surface area contributed by atoms with Crippen molar-refractivity contribution >= 4 is 6.01 Å². The molecule has 0 aliphatic carbocycles. The molecule has 0 spiro atoms. The Hall–Kier alpha value is -0.620. The summed E-state index contributed by atoms with van der Waals surface area (Å²) in [6.07, 6.45) is 43.8. The Balaban J connectivity index is 4.34. The first-order valence-electron chi connectivity index (χ1n) is 18.4.